The van der Waals surface area contributed by atoms with Gasteiger partial charge in [-0.25, -0.2) is 4.98 Å². The minimum absolute atomic E-state index is 0.397. The van der Waals surface area contributed by atoms with Gasteiger partial charge in [-0.05, 0) is 31.2 Å². The van der Waals surface area contributed by atoms with Crippen molar-refractivity contribution >= 4 is 16.7 Å². The molecule has 0 spiro atoms. The first-order valence-corrected chi connectivity index (χ1v) is 7.35. The van der Waals surface area contributed by atoms with Crippen LogP contribution in [-0.2, 0) is 0 Å². The summed E-state index contributed by atoms with van der Waals surface area (Å²) in [5.41, 5.74) is 2.30. The molecule has 114 valence electrons. The van der Waals surface area contributed by atoms with Gasteiger partial charge in [0.05, 0.1) is 17.6 Å². The lowest BCUT2D eigenvalue weighted by molar-refractivity contribution is 0.320. The first-order valence-electron chi connectivity index (χ1n) is 7.35. The molecule has 0 saturated heterocycles. The van der Waals surface area contributed by atoms with Crippen molar-refractivity contribution in [2.75, 3.05) is 6.61 Å². The summed E-state index contributed by atoms with van der Waals surface area (Å²) in [6.07, 6.45) is 1.65. The number of rotatable bonds is 4. The molecule has 0 atom stereocenters. The monoisotopic (exact) mass is 306 g/mol. The highest BCUT2D eigenvalue weighted by atomic mass is 16.5. The van der Waals surface area contributed by atoms with Crippen LogP contribution in [0.25, 0.3) is 16.7 Å². The molecule has 6 nitrogen and oxygen atoms in total. The van der Waals surface area contributed by atoms with E-state index >= 15 is 0 Å². The van der Waals surface area contributed by atoms with E-state index in [2.05, 4.69) is 15.2 Å². The molecule has 2 aromatic heterocycles. The minimum Gasteiger partial charge on any atom is -0.490 e. The summed E-state index contributed by atoms with van der Waals surface area (Å²) >= 11 is 0. The van der Waals surface area contributed by atoms with E-state index in [1.54, 1.807) is 6.33 Å². The van der Waals surface area contributed by atoms with Gasteiger partial charge in [-0.3, -0.25) is 4.40 Å². The van der Waals surface area contributed by atoms with Crippen molar-refractivity contribution in [3.63, 3.8) is 0 Å². The zero-order chi connectivity index (χ0) is 15.6. The number of nitrogens with zero attached hydrogens (tertiary/aromatic N) is 4. The van der Waals surface area contributed by atoms with E-state index in [4.69, 9.17) is 9.47 Å². The number of aromatic nitrogens is 4. The number of ether oxygens (including phenoxy) is 2. The summed E-state index contributed by atoms with van der Waals surface area (Å²) in [6.45, 7) is 2.49. The Balaban J connectivity index is 1.87. The van der Waals surface area contributed by atoms with Crippen molar-refractivity contribution in [1.82, 2.24) is 19.6 Å². The Kier molecular flexibility index (Phi) is 3.27. The van der Waals surface area contributed by atoms with E-state index in [-0.39, 0.29) is 0 Å². The van der Waals surface area contributed by atoms with Gasteiger partial charge >= 0.3 is 0 Å². The topological polar surface area (TPSA) is 61.5 Å². The Bertz CT molecular complexity index is 981. The predicted molar refractivity (Wildman–Crippen MR) is 86.0 cm³/mol. The van der Waals surface area contributed by atoms with Crippen LogP contribution in [0, 0.1) is 0 Å². The maximum Gasteiger partial charge on any atom is 0.266 e. The molecule has 0 aliphatic heterocycles. The third-order valence-electron chi connectivity index (χ3n) is 3.46. The fourth-order valence-corrected chi connectivity index (χ4v) is 2.46. The standard InChI is InChI=1S/C17H14N4O2/c1-2-22-14-9-5-6-10-15(14)23-17-16-20-18-11-21(16)13-8-4-3-7-12(13)19-17/h3-11H,2H2,1H3. The van der Waals surface area contributed by atoms with Crippen molar-refractivity contribution in [3.05, 3.63) is 54.9 Å². The number of fused-ring (bicyclic) bond motifs is 3. The van der Waals surface area contributed by atoms with E-state index in [1.807, 2.05) is 59.9 Å². The van der Waals surface area contributed by atoms with Crippen molar-refractivity contribution < 1.29 is 9.47 Å². The smallest absolute Gasteiger partial charge is 0.266 e. The second-order valence-electron chi connectivity index (χ2n) is 4.91. The van der Waals surface area contributed by atoms with Crippen molar-refractivity contribution in [2.24, 2.45) is 0 Å². The third-order valence-corrected chi connectivity index (χ3v) is 3.46. The van der Waals surface area contributed by atoms with E-state index in [1.165, 1.54) is 0 Å². The Morgan fingerprint density at radius 2 is 1.78 bits per heavy atom. The normalized spacial score (nSPS) is 11.0. The van der Waals surface area contributed by atoms with Gasteiger partial charge < -0.3 is 9.47 Å². The Hall–Kier alpha value is -3.15. The molecule has 2 aromatic carbocycles. The summed E-state index contributed by atoms with van der Waals surface area (Å²) in [7, 11) is 0. The van der Waals surface area contributed by atoms with Gasteiger partial charge in [0.2, 0.25) is 5.65 Å². The molecule has 0 aliphatic carbocycles. The van der Waals surface area contributed by atoms with Crippen molar-refractivity contribution in [1.29, 1.82) is 0 Å². The molecular weight excluding hydrogens is 292 g/mol. The average Bonchev–Trinajstić information content (AvgIpc) is 3.07. The second kappa shape index (κ2) is 5.57. The molecule has 0 saturated carbocycles. The molecule has 0 radical (unpaired) electrons. The van der Waals surface area contributed by atoms with Gasteiger partial charge in [0.25, 0.3) is 5.88 Å². The van der Waals surface area contributed by atoms with Crippen molar-refractivity contribution in [3.8, 4) is 17.4 Å². The molecule has 4 rings (SSSR count). The number of para-hydroxylation sites is 4. The number of hydrogen-bond acceptors (Lipinski definition) is 5. The van der Waals surface area contributed by atoms with Crippen molar-refractivity contribution in [2.45, 2.75) is 6.92 Å². The Morgan fingerprint density at radius 1 is 1.00 bits per heavy atom. The summed E-state index contributed by atoms with van der Waals surface area (Å²) in [4.78, 5) is 4.57. The van der Waals surface area contributed by atoms with Crippen LogP contribution in [0.1, 0.15) is 6.92 Å². The van der Waals surface area contributed by atoms with Crippen LogP contribution in [0.5, 0.6) is 17.4 Å². The van der Waals surface area contributed by atoms with Crippen LogP contribution in [0.15, 0.2) is 54.9 Å². The van der Waals surface area contributed by atoms with E-state index in [0.717, 1.165) is 11.0 Å². The fourth-order valence-electron chi connectivity index (χ4n) is 2.46. The van der Waals surface area contributed by atoms with Crippen LogP contribution in [-0.4, -0.2) is 26.2 Å². The predicted octanol–water partition coefficient (Wildman–Crippen LogP) is 3.47. The Morgan fingerprint density at radius 3 is 2.65 bits per heavy atom. The second-order valence-corrected chi connectivity index (χ2v) is 4.91. The molecule has 0 amide bonds. The molecule has 6 heteroatoms. The highest BCUT2D eigenvalue weighted by molar-refractivity contribution is 5.79. The summed E-state index contributed by atoms with van der Waals surface area (Å²) in [5.74, 6) is 1.66. The van der Waals surface area contributed by atoms with E-state index in [9.17, 15) is 0 Å². The lowest BCUT2D eigenvalue weighted by Crippen LogP contribution is -1.99. The first-order chi connectivity index (χ1) is 11.4. The molecule has 4 aromatic rings. The van der Waals surface area contributed by atoms with Gasteiger partial charge in [0, 0.05) is 0 Å². The molecule has 2 heterocycles. The SMILES string of the molecule is CCOc1ccccc1Oc1nc2ccccc2n2cnnc12. The number of hydrogen-bond donors (Lipinski definition) is 0. The maximum atomic E-state index is 5.98. The van der Waals surface area contributed by atoms with Gasteiger partial charge in [-0.1, -0.05) is 24.3 Å². The van der Waals surface area contributed by atoms with Gasteiger partial charge in [-0.15, -0.1) is 10.2 Å². The zero-order valence-electron chi connectivity index (χ0n) is 12.5. The molecule has 0 aliphatic rings. The highest BCUT2D eigenvalue weighted by Crippen LogP contribution is 2.32. The zero-order valence-corrected chi connectivity index (χ0v) is 12.5. The van der Waals surface area contributed by atoms with Crippen LogP contribution >= 0.6 is 0 Å². The quantitative estimate of drug-likeness (QED) is 0.578. The maximum absolute atomic E-state index is 5.98. The van der Waals surface area contributed by atoms with Gasteiger partial charge in [0.15, 0.2) is 11.5 Å². The third kappa shape index (κ3) is 2.34. The van der Waals surface area contributed by atoms with Crippen LogP contribution in [0.2, 0.25) is 0 Å². The lowest BCUT2D eigenvalue weighted by atomic mass is 10.3. The van der Waals surface area contributed by atoms with Crippen LogP contribution in [0.4, 0.5) is 0 Å². The molecule has 0 unspecified atom stereocenters. The first kappa shape index (κ1) is 13.5. The molecule has 0 fully saturated rings. The van der Waals surface area contributed by atoms with Crippen LogP contribution < -0.4 is 9.47 Å². The van der Waals surface area contributed by atoms with Gasteiger partial charge in [-0.2, -0.15) is 0 Å². The largest absolute Gasteiger partial charge is 0.490 e. The minimum atomic E-state index is 0.397. The lowest BCUT2D eigenvalue weighted by Gasteiger charge is -2.11. The van der Waals surface area contributed by atoms with E-state index < -0.39 is 0 Å². The Labute approximate surface area is 132 Å². The fraction of sp³-hybridized carbons (Fsp3) is 0.118. The summed E-state index contributed by atoms with van der Waals surface area (Å²) < 4.78 is 13.4. The summed E-state index contributed by atoms with van der Waals surface area (Å²) in [6, 6.07) is 15.3. The van der Waals surface area contributed by atoms with Crippen LogP contribution in [0.3, 0.4) is 0 Å². The summed E-state index contributed by atoms with van der Waals surface area (Å²) in [5, 5.41) is 8.10. The van der Waals surface area contributed by atoms with E-state index in [0.29, 0.717) is 29.6 Å². The highest BCUT2D eigenvalue weighted by Gasteiger charge is 2.14. The van der Waals surface area contributed by atoms with Gasteiger partial charge in [0.1, 0.15) is 6.33 Å². The molecule has 0 N–H and O–H groups in total. The average molecular weight is 306 g/mol. The number of benzene rings is 2. The molecule has 23 heavy (non-hydrogen) atoms. The molecular formula is C17H14N4O2. The molecule has 0 bridgehead atoms.